The van der Waals surface area contributed by atoms with Crippen LogP contribution in [0.4, 0.5) is 5.82 Å². The molecule has 27 heavy (non-hydrogen) atoms. The van der Waals surface area contributed by atoms with Gasteiger partial charge in [-0.3, -0.25) is 4.57 Å². The molecular formula is C19H28N3O4P. The zero-order chi connectivity index (χ0) is 19.4. The maximum Gasteiger partial charge on any atom is 0.325 e. The molecule has 1 aromatic carbocycles. The largest absolute Gasteiger partial charge is 0.493 e. The summed E-state index contributed by atoms with van der Waals surface area (Å²) in [6, 6.07) is 5.93. The average Bonchev–Trinajstić information content (AvgIpc) is 2.64. The zero-order valence-electron chi connectivity index (χ0n) is 15.9. The number of fused-ring (bicyclic) bond motifs is 1. The number of piperidine rings is 1. The third kappa shape index (κ3) is 5.64. The second kappa shape index (κ2) is 8.55. The van der Waals surface area contributed by atoms with Crippen LogP contribution in [0.3, 0.4) is 0 Å². The minimum absolute atomic E-state index is 0.0206. The number of aromatic nitrogens is 2. The molecule has 1 fully saturated rings. The summed E-state index contributed by atoms with van der Waals surface area (Å²) >= 11 is 0. The second-order valence-corrected chi connectivity index (χ2v) is 9.47. The van der Waals surface area contributed by atoms with Gasteiger partial charge in [0.05, 0.1) is 18.3 Å². The van der Waals surface area contributed by atoms with Gasteiger partial charge in [0.1, 0.15) is 17.9 Å². The van der Waals surface area contributed by atoms with E-state index in [2.05, 4.69) is 28.7 Å². The Morgan fingerprint density at radius 2 is 2.00 bits per heavy atom. The van der Waals surface area contributed by atoms with Gasteiger partial charge in [0, 0.05) is 24.5 Å². The Morgan fingerprint density at radius 3 is 2.67 bits per heavy atom. The van der Waals surface area contributed by atoms with E-state index in [9.17, 15) is 4.57 Å². The second-order valence-electron chi connectivity index (χ2n) is 7.69. The van der Waals surface area contributed by atoms with Crippen molar-refractivity contribution < 1.29 is 19.1 Å². The number of rotatable bonds is 7. The molecule has 0 amide bonds. The van der Waals surface area contributed by atoms with E-state index in [0.29, 0.717) is 24.9 Å². The number of benzene rings is 1. The highest BCUT2D eigenvalue weighted by molar-refractivity contribution is 7.51. The van der Waals surface area contributed by atoms with E-state index in [1.807, 2.05) is 18.2 Å². The molecule has 7 nitrogen and oxygen atoms in total. The van der Waals surface area contributed by atoms with E-state index < -0.39 is 7.60 Å². The molecule has 0 atom stereocenters. The Balaban J connectivity index is 1.67. The van der Waals surface area contributed by atoms with Crippen LogP contribution >= 0.6 is 7.60 Å². The molecule has 0 saturated carbocycles. The van der Waals surface area contributed by atoms with Crippen molar-refractivity contribution >= 4 is 24.3 Å². The summed E-state index contributed by atoms with van der Waals surface area (Å²) in [5, 5.41) is 1.00. The molecule has 2 heterocycles. The third-order valence-electron chi connectivity index (χ3n) is 4.91. The molecule has 2 aromatic rings. The van der Waals surface area contributed by atoms with Crippen LogP contribution in [-0.4, -0.2) is 45.6 Å². The van der Waals surface area contributed by atoms with Crippen molar-refractivity contribution in [1.82, 2.24) is 9.97 Å². The van der Waals surface area contributed by atoms with Gasteiger partial charge in [0.15, 0.2) is 0 Å². The normalized spacial score (nSPS) is 16.3. The molecule has 0 radical (unpaired) electrons. The summed E-state index contributed by atoms with van der Waals surface area (Å²) in [6.07, 6.45) is 3.98. The van der Waals surface area contributed by atoms with Gasteiger partial charge < -0.3 is 19.4 Å². The van der Waals surface area contributed by atoms with E-state index in [4.69, 9.17) is 14.5 Å². The lowest BCUT2D eigenvalue weighted by atomic mass is 9.94. The van der Waals surface area contributed by atoms with Gasteiger partial charge in [0.25, 0.3) is 0 Å². The summed E-state index contributed by atoms with van der Waals surface area (Å²) in [4.78, 5) is 29.3. The van der Waals surface area contributed by atoms with Crippen LogP contribution in [0.5, 0.6) is 5.75 Å². The van der Waals surface area contributed by atoms with Crippen molar-refractivity contribution in [1.29, 1.82) is 0 Å². The van der Waals surface area contributed by atoms with Crippen molar-refractivity contribution in [2.45, 2.75) is 33.1 Å². The van der Waals surface area contributed by atoms with Crippen molar-refractivity contribution in [2.75, 3.05) is 30.8 Å². The molecule has 3 rings (SSSR count). The SMILES string of the molecule is CC(C)COc1ccc2c(N3CCC(CCP(=O)(O)O)CC3)ncnc2c1. The lowest BCUT2D eigenvalue weighted by Crippen LogP contribution is -2.34. The number of hydrogen-bond donors (Lipinski definition) is 2. The summed E-state index contributed by atoms with van der Waals surface area (Å²) in [7, 11) is -3.90. The first-order chi connectivity index (χ1) is 12.8. The smallest absolute Gasteiger partial charge is 0.325 e. The van der Waals surface area contributed by atoms with E-state index in [0.717, 1.165) is 48.4 Å². The molecule has 2 N–H and O–H groups in total. The number of nitrogens with zero attached hydrogens (tertiary/aromatic N) is 3. The van der Waals surface area contributed by atoms with Gasteiger partial charge in [-0.05, 0) is 43.2 Å². The first kappa shape index (κ1) is 20.1. The highest BCUT2D eigenvalue weighted by atomic mass is 31.2. The fraction of sp³-hybridized carbons (Fsp3) is 0.579. The number of anilines is 1. The quantitative estimate of drug-likeness (QED) is 0.696. The van der Waals surface area contributed by atoms with Gasteiger partial charge >= 0.3 is 7.60 Å². The molecule has 1 aliphatic heterocycles. The zero-order valence-corrected chi connectivity index (χ0v) is 16.8. The van der Waals surface area contributed by atoms with Crippen LogP contribution in [0.15, 0.2) is 24.5 Å². The van der Waals surface area contributed by atoms with Crippen molar-refractivity contribution in [3.05, 3.63) is 24.5 Å². The monoisotopic (exact) mass is 393 g/mol. The lowest BCUT2D eigenvalue weighted by molar-refractivity contribution is 0.271. The van der Waals surface area contributed by atoms with E-state index in [1.165, 1.54) is 0 Å². The molecule has 148 valence electrons. The average molecular weight is 393 g/mol. The lowest BCUT2D eigenvalue weighted by Gasteiger charge is -2.33. The highest BCUT2D eigenvalue weighted by Gasteiger charge is 2.24. The predicted molar refractivity (Wildman–Crippen MR) is 106 cm³/mol. The Kier molecular flexibility index (Phi) is 6.35. The van der Waals surface area contributed by atoms with Gasteiger partial charge in [-0.15, -0.1) is 0 Å². The summed E-state index contributed by atoms with van der Waals surface area (Å²) in [5.41, 5.74) is 0.866. The first-order valence-corrected chi connectivity index (χ1v) is 11.3. The maximum atomic E-state index is 11.1. The fourth-order valence-corrected chi connectivity index (χ4v) is 4.11. The van der Waals surface area contributed by atoms with Crippen LogP contribution < -0.4 is 9.64 Å². The Labute approximate surface area is 159 Å². The molecule has 0 unspecified atom stereocenters. The van der Waals surface area contributed by atoms with Crippen LogP contribution in [0.2, 0.25) is 0 Å². The number of ether oxygens (including phenoxy) is 1. The Morgan fingerprint density at radius 1 is 1.26 bits per heavy atom. The van der Waals surface area contributed by atoms with Crippen molar-refractivity contribution in [3.63, 3.8) is 0 Å². The van der Waals surface area contributed by atoms with Gasteiger partial charge in [0.2, 0.25) is 0 Å². The van der Waals surface area contributed by atoms with Crippen molar-refractivity contribution in [3.8, 4) is 5.75 Å². The van der Waals surface area contributed by atoms with Crippen LogP contribution in [-0.2, 0) is 4.57 Å². The van der Waals surface area contributed by atoms with Crippen molar-refractivity contribution in [2.24, 2.45) is 11.8 Å². The van der Waals surface area contributed by atoms with Gasteiger partial charge in [-0.25, -0.2) is 9.97 Å². The molecule has 0 spiro atoms. The molecule has 1 saturated heterocycles. The fourth-order valence-electron chi connectivity index (χ4n) is 3.41. The van der Waals surface area contributed by atoms with Crippen LogP contribution in [0, 0.1) is 11.8 Å². The summed E-state index contributed by atoms with van der Waals surface area (Å²) in [5.74, 6) is 2.56. The van der Waals surface area contributed by atoms with E-state index in [1.54, 1.807) is 6.33 Å². The summed E-state index contributed by atoms with van der Waals surface area (Å²) < 4.78 is 16.9. The molecule has 0 aliphatic carbocycles. The minimum Gasteiger partial charge on any atom is -0.493 e. The number of hydrogen-bond acceptors (Lipinski definition) is 5. The summed E-state index contributed by atoms with van der Waals surface area (Å²) in [6.45, 7) is 6.58. The van der Waals surface area contributed by atoms with E-state index in [-0.39, 0.29) is 6.16 Å². The maximum absolute atomic E-state index is 11.1. The first-order valence-electron chi connectivity index (χ1n) is 9.49. The molecule has 1 aromatic heterocycles. The Hall–Kier alpha value is -1.69. The Bertz CT molecular complexity index is 816. The molecular weight excluding hydrogens is 365 g/mol. The minimum atomic E-state index is -3.90. The van der Waals surface area contributed by atoms with Crippen LogP contribution in [0.25, 0.3) is 10.9 Å². The predicted octanol–water partition coefficient (Wildman–Crippen LogP) is 3.45. The molecule has 1 aliphatic rings. The highest BCUT2D eigenvalue weighted by Crippen LogP contribution is 2.38. The molecule has 0 bridgehead atoms. The third-order valence-corrected chi connectivity index (χ3v) is 5.75. The van der Waals surface area contributed by atoms with E-state index >= 15 is 0 Å². The standard InChI is InChI=1S/C19H28N3O4P/c1-14(2)12-26-16-3-4-17-18(11-16)20-13-21-19(17)22-8-5-15(6-9-22)7-10-27(23,24)25/h3-4,11,13-15H,5-10,12H2,1-2H3,(H2,23,24,25). The van der Waals surface area contributed by atoms with Crippen LogP contribution in [0.1, 0.15) is 33.1 Å². The van der Waals surface area contributed by atoms with Gasteiger partial charge in [-0.1, -0.05) is 13.8 Å². The topological polar surface area (TPSA) is 95.8 Å². The molecule has 8 heteroatoms. The van der Waals surface area contributed by atoms with Gasteiger partial charge in [-0.2, -0.15) is 0 Å².